The Morgan fingerprint density at radius 3 is 1.11 bits per heavy atom. The van der Waals surface area contributed by atoms with Crippen molar-refractivity contribution in [3.8, 4) is 0 Å². The van der Waals surface area contributed by atoms with E-state index in [-0.39, 0.29) is 103 Å². The molecular weight excluding hydrogens is 841 g/mol. The van der Waals surface area contributed by atoms with Crippen molar-refractivity contribution in [1.29, 1.82) is 0 Å². The first kappa shape index (κ1) is 47.9. The minimum absolute atomic E-state index is 0.0650. The van der Waals surface area contributed by atoms with E-state index in [9.17, 15) is 50.0 Å². The number of amides is 2. The van der Waals surface area contributed by atoms with Gasteiger partial charge < -0.3 is 39.4 Å². The Labute approximate surface area is 366 Å². The highest BCUT2D eigenvalue weighted by atomic mass is 16.6. The summed E-state index contributed by atoms with van der Waals surface area (Å²) in [6.07, 6.45) is 0.264. The molecule has 2 amide bonds. The van der Waals surface area contributed by atoms with E-state index in [1.807, 2.05) is 36.4 Å². The minimum atomic E-state index is -1.02. The van der Waals surface area contributed by atoms with Crippen LogP contribution in [-0.2, 0) is 41.4 Å². The third-order valence-electron chi connectivity index (χ3n) is 9.99. The van der Waals surface area contributed by atoms with Crippen LogP contribution in [0.3, 0.4) is 0 Å². The van der Waals surface area contributed by atoms with Crippen molar-refractivity contribution >= 4 is 45.9 Å². The zero-order valence-electron chi connectivity index (χ0n) is 34.7. The Morgan fingerprint density at radius 1 is 0.484 bits per heavy atom. The van der Waals surface area contributed by atoms with Gasteiger partial charge in [0.1, 0.15) is 23.5 Å². The van der Waals surface area contributed by atoms with Crippen LogP contribution in [0.25, 0.3) is 0 Å². The van der Waals surface area contributed by atoms with Gasteiger partial charge in [-0.2, -0.15) is 0 Å². The molecule has 340 valence electrons. The Morgan fingerprint density at radius 2 is 0.812 bits per heavy atom. The van der Waals surface area contributed by atoms with E-state index in [0.717, 1.165) is 35.4 Å². The van der Waals surface area contributed by atoms with E-state index in [2.05, 4.69) is 10.6 Å². The highest BCUT2D eigenvalue weighted by molar-refractivity contribution is 5.87. The molecule has 1 heterocycles. The lowest BCUT2D eigenvalue weighted by atomic mass is 10.0. The van der Waals surface area contributed by atoms with Crippen LogP contribution in [-0.4, -0.2) is 132 Å². The molecule has 1 aliphatic rings. The van der Waals surface area contributed by atoms with Gasteiger partial charge in [0, 0.05) is 51.2 Å². The zero-order valence-corrected chi connectivity index (χ0v) is 34.7. The van der Waals surface area contributed by atoms with Crippen molar-refractivity contribution in [1.82, 2.24) is 9.80 Å². The molecule has 0 saturated carbocycles. The first-order valence-corrected chi connectivity index (χ1v) is 20.3. The van der Waals surface area contributed by atoms with E-state index >= 15 is 0 Å². The maximum absolute atomic E-state index is 14.2. The molecule has 0 aromatic heterocycles. The monoisotopic (exact) mass is 888 g/mol. The molecule has 0 aliphatic carbocycles. The molecule has 5 rings (SSSR count). The minimum Gasteiger partial charge on any atom is -0.377 e. The predicted octanol–water partition coefficient (Wildman–Crippen LogP) is 4.80. The highest BCUT2D eigenvalue weighted by Crippen LogP contribution is 2.31. The van der Waals surface area contributed by atoms with Crippen molar-refractivity contribution < 1.29 is 48.2 Å². The van der Waals surface area contributed by atoms with E-state index in [4.69, 9.17) is 18.9 Å². The largest absolute Gasteiger partial charge is 0.377 e. The number of nitro groups is 4. The van der Waals surface area contributed by atoms with Crippen LogP contribution in [0.4, 0.5) is 34.1 Å². The van der Waals surface area contributed by atoms with Gasteiger partial charge in [0.05, 0.1) is 84.7 Å². The fourth-order valence-corrected chi connectivity index (χ4v) is 6.74. The SMILES string of the molecule is O=C([C@H](Cc1ccccc1)Nc1ccc([N+](=O)[O-])cc1[N+](=O)[O-])N1CCOCCOCCN(C(=O)[C@@H](Cc2ccccc2)Nc2ccc([N+](=O)[O-])cc2[N+](=O)[O-])CCOCCOCC1. The molecule has 0 spiro atoms. The number of ether oxygens (including phenoxy) is 4. The standard InChI is InChI=1S/C42H48N8O14/c51-41(37(27-31-7-3-1-4-8-31)43-35-13-11-33(47(53)54)29-39(35)49(57)58)45-15-19-61-23-25-63-21-17-46(18-22-64-26-24-62-20-16-45)42(52)38(28-32-9-5-2-6-10-32)44-36-14-12-34(48(55)56)30-40(36)50(59)60/h1-14,29-30,37-38,43-44H,15-28H2/t37-,38+. The second-order valence-corrected chi connectivity index (χ2v) is 14.3. The number of carbonyl (C=O) groups is 2. The molecule has 0 bridgehead atoms. The molecule has 22 nitrogen and oxygen atoms in total. The van der Waals surface area contributed by atoms with Crippen molar-refractivity contribution in [3.05, 3.63) is 149 Å². The van der Waals surface area contributed by atoms with Crippen LogP contribution in [0, 0.1) is 40.5 Å². The second kappa shape index (κ2) is 24.5. The topological polar surface area (TPSA) is 274 Å². The Balaban J connectivity index is 1.25. The summed E-state index contributed by atoms with van der Waals surface area (Å²) in [5.41, 5.74) is -0.668. The fraction of sp³-hybridized carbons (Fsp3) is 0.381. The van der Waals surface area contributed by atoms with Crippen LogP contribution >= 0.6 is 0 Å². The second-order valence-electron chi connectivity index (χ2n) is 14.3. The van der Waals surface area contributed by atoms with Crippen molar-refractivity contribution in [2.45, 2.75) is 24.9 Å². The summed E-state index contributed by atoms with van der Waals surface area (Å²) in [6, 6.07) is 22.3. The Bertz CT molecular complexity index is 2040. The normalized spacial score (nSPS) is 15.7. The fourth-order valence-electron chi connectivity index (χ4n) is 6.74. The zero-order chi connectivity index (χ0) is 45.8. The summed E-state index contributed by atoms with van der Waals surface area (Å²) in [7, 11) is 0. The number of hydrogen-bond donors (Lipinski definition) is 2. The maximum atomic E-state index is 14.2. The summed E-state index contributed by atoms with van der Waals surface area (Å²) in [5, 5.41) is 52.6. The highest BCUT2D eigenvalue weighted by Gasteiger charge is 2.30. The molecule has 0 radical (unpaired) electrons. The molecule has 2 atom stereocenters. The number of hydrogen-bond acceptors (Lipinski definition) is 16. The van der Waals surface area contributed by atoms with Gasteiger partial charge in [-0.15, -0.1) is 0 Å². The van der Waals surface area contributed by atoms with Crippen molar-refractivity contribution in [3.63, 3.8) is 0 Å². The number of carbonyl (C=O) groups excluding carboxylic acids is 2. The van der Waals surface area contributed by atoms with Gasteiger partial charge in [0.2, 0.25) is 11.8 Å². The first-order valence-electron chi connectivity index (χ1n) is 20.3. The number of nitrogens with zero attached hydrogens (tertiary/aromatic N) is 6. The van der Waals surface area contributed by atoms with Gasteiger partial charge in [-0.3, -0.25) is 50.0 Å². The van der Waals surface area contributed by atoms with Crippen LogP contribution in [0.1, 0.15) is 11.1 Å². The first-order chi connectivity index (χ1) is 30.9. The summed E-state index contributed by atoms with van der Waals surface area (Å²) < 4.78 is 23.3. The van der Waals surface area contributed by atoms with E-state index in [1.54, 1.807) is 24.3 Å². The van der Waals surface area contributed by atoms with Gasteiger partial charge in [0.15, 0.2) is 0 Å². The number of anilines is 2. The number of nitro benzene ring substituents is 4. The molecule has 1 saturated heterocycles. The third kappa shape index (κ3) is 14.5. The van der Waals surface area contributed by atoms with Gasteiger partial charge in [-0.1, -0.05) is 60.7 Å². The smallest absolute Gasteiger partial charge is 0.299 e. The van der Waals surface area contributed by atoms with Crippen LogP contribution in [0.2, 0.25) is 0 Å². The van der Waals surface area contributed by atoms with E-state index in [0.29, 0.717) is 0 Å². The molecule has 22 heteroatoms. The summed E-state index contributed by atoms with van der Waals surface area (Å²) in [4.78, 5) is 75.1. The Hall–Kier alpha value is -7.14. The predicted molar refractivity (Wildman–Crippen MR) is 231 cm³/mol. The van der Waals surface area contributed by atoms with Gasteiger partial charge in [-0.25, -0.2) is 0 Å². The number of non-ortho nitro benzene ring substituents is 2. The lowest BCUT2D eigenvalue weighted by Crippen LogP contribution is -2.47. The van der Waals surface area contributed by atoms with E-state index in [1.165, 1.54) is 21.9 Å². The van der Waals surface area contributed by atoms with Gasteiger partial charge in [-0.05, 0) is 23.3 Å². The average Bonchev–Trinajstić information content (AvgIpc) is 3.28. The van der Waals surface area contributed by atoms with Crippen molar-refractivity contribution in [2.24, 2.45) is 0 Å². The quantitative estimate of drug-likeness (QED) is 0.127. The summed E-state index contributed by atoms with van der Waals surface area (Å²) in [6.45, 7) is 1.27. The molecule has 1 aliphatic heterocycles. The molecule has 0 unspecified atom stereocenters. The lowest BCUT2D eigenvalue weighted by molar-refractivity contribution is -0.393. The molecular formula is C42H48N8O14. The molecule has 2 N–H and O–H groups in total. The summed E-state index contributed by atoms with van der Waals surface area (Å²) in [5.74, 6) is -0.836. The van der Waals surface area contributed by atoms with Crippen LogP contribution in [0.5, 0.6) is 0 Å². The van der Waals surface area contributed by atoms with Gasteiger partial charge >= 0.3 is 0 Å². The number of nitrogens with one attached hydrogen (secondary N) is 2. The molecule has 64 heavy (non-hydrogen) atoms. The molecule has 1 fully saturated rings. The molecule has 4 aromatic carbocycles. The van der Waals surface area contributed by atoms with Crippen LogP contribution < -0.4 is 10.6 Å². The average molecular weight is 889 g/mol. The Kier molecular flexibility index (Phi) is 18.3. The molecule has 4 aromatic rings. The lowest BCUT2D eigenvalue weighted by Gasteiger charge is -2.29. The number of rotatable bonds is 14. The van der Waals surface area contributed by atoms with Crippen molar-refractivity contribution in [2.75, 3.05) is 89.7 Å². The number of benzene rings is 4. The van der Waals surface area contributed by atoms with Gasteiger partial charge in [0.25, 0.3) is 22.7 Å². The van der Waals surface area contributed by atoms with E-state index < -0.39 is 66.3 Å². The third-order valence-corrected chi connectivity index (χ3v) is 9.99. The summed E-state index contributed by atoms with van der Waals surface area (Å²) >= 11 is 0. The maximum Gasteiger partial charge on any atom is 0.299 e. The van der Waals surface area contributed by atoms with Crippen LogP contribution in [0.15, 0.2) is 97.1 Å².